The first-order valence-electron chi connectivity index (χ1n) is 3.10. The Bertz CT molecular complexity index is 115. The van der Waals surface area contributed by atoms with Crippen molar-refractivity contribution in [2.75, 3.05) is 0 Å². The Kier molecular flexibility index (Phi) is 2.38. The molecule has 0 fully saturated rings. The highest BCUT2D eigenvalue weighted by Crippen LogP contribution is 2.26. The van der Waals surface area contributed by atoms with Gasteiger partial charge in [-0.05, 0) is 27.7 Å². The second-order valence-corrected chi connectivity index (χ2v) is 3.51. The fraction of sp³-hybridized carbons (Fsp3) is 1.00. The molecular weight excluding hydrogens is 138 g/mol. The lowest BCUT2D eigenvalue weighted by Crippen LogP contribution is -2.57. The van der Waals surface area contributed by atoms with Crippen LogP contribution in [0.3, 0.4) is 0 Å². The minimum absolute atomic E-state index is 0.854. The summed E-state index contributed by atoms with van der Waals surface area (Å²) in [7, 11) is 0. The van der Waals surface area contributed by atoms with Gasteiger partial charge in [0.2, 0.25) is 0 Å². The number of halogens is 2. The zero-order valence-corrected chi connectivity index (χ0v) is 6.78. The normalized spacial score (nSPS) is 14.4. The van der Waals surface area contributed by atoms with E-state index in [0.717, 1.165) is 0 Å². The van der Waals surface area contributed by atoms with E-state index in [1.165, 1.54) is 13.8 Å². The Balaban J connectivity index is 4.40. The van der Waals surface area contributed by atoms with Crippen LogP contribution in [0.25, 0.3) is 0 Å². The topological polar surface area (TPSA) is 29.3 Å². The third kappa shape index (κ3) is 1.64. The van der Waals surface area contributed by atoms with Crippen molar-refractivity contribution in [3.05, 3.63) is 0 Å². The van der Waals surface area contributed by atoms with Crippen molar-refractivity contribution in [3.8, 4) is 0 Å². The minimum Gasteiger partial charge on any atom is -0.324 e. The van der Waals surface area contributed by atoms with E-state index in [1.54, 1.807) is 13.8 Å². The Morgan fingerprint density at radius 3 is 1.40 bits per heavy atom. The predicted molar refractivity (Wildman–Crippen MR) is 36.4 cm³/mol. The van der Waals surface area contributed by atoms with Crippen molar-refractivity contribution in [1.82, 2.24) is 5.34 Å². The van der Waals surface area contributed by atoms with Crippen LogP contribution < -0.4 is 5.73 Å². The van der Waals surface area contributed by atoms with Crippen molar-refractivity contribution in [1.29, 1.82) is 0 Å². The van der Waals surface area contributed by atoms with Gasteiger partial charge >= 0.3 is 0 Å². The standard InChI is InChI=1S/C6H14F2N2/c1-5(2,9)6(3,4)10(7)8/h9H2,1-4H3. The van der Waals surface area contributed by atoms with Gasteiger partial charge in [0.15, 0.2) is 0 Å². The molecule has 62 valence electrons. The quantitative estimate of drug-likeness (QED) is 0.608. The van der Waals surface area contributed by atoms with E-state index in [2.05, 4.69) is 0 Å². The third-order valence-electron chi connectivity index (χ3n) is 2.00. The molecule has 10 heavy (non-hydrogen) atoms. The fourth-order valence-corrected chi connectivity index (χ4v) is 0.218. The molecule has 0 spiro atoms. The van der Waals surface area contributed by atoms with Gasteiger partial charge < -0.3 is 5.73 Å². The number of hydrogen-bond acceptors (Lipinski definition) is 2. The van der Waals surface area contributed by atoms with Gasteiger partial charge in [0, 0.05) is 10.9 Å². The van der Waals surface area contributed by atoms with E-state index in [0.29, 0.717) is 0 Å². The Morgan fingerprint density at radius 1 is 1.10 bits per heavy atom. The van der Waals surface area contributed by atoms with Crippen molar-refractivity contribution >= 4 is 0 Å². The number of nitrogens with two attached hydrogens (primary N) is 1. The Morgan fingerprint density at radius 2 is 1.40 bits per heavy atom. The van der Waals surface area contributed by atoms with Gasteiger partial charge in [0.1, 0.15) is 0 Å². The molecule has 0 saturated heterocycles. The van der Waals surface area contributed by atoms with Gasteiger partial charge in [-0.1, -0.05) is 0 Å². The zero-order chi connectivity index (χ0) is 8.58. The largest absolute Gasteiger partial charge is 0.324 e. The summed E-state index contributed by atoms with van der Waals surface area (Å²) in [6.45, 7) is 5.93. The second-order valence-electron chi connectivity index (χ2n) is 3.51. The summed E-state index contributed by atoms with van der Waals surface area (Å²) in [6.07, 6.45) is 0. The van der Waals surface area contributed by atoms with Gasteiger partial charge in [-0.2, -0.15) is 0 Å². The van der Waals surface area contributed by atoms with E-state index in [1.807, 2.05) is 0 Å². The molecule has 0 unspecified atom stereocenters. The summed E-state index contributed by atoms with van der Waals surface area (Å²) >= 11 is 0. The van der Waals surface area contributed by atoms with Crippen LogP contribution in [0.2, 0.25) is 0 Å². The molecule has 0 aliphatic rings. The average molecular weight is 152 g/mol. The number of hydrogen-bond donors (Lipinski definition) is 1. The molecule has 0 radical (unpaired) electrons. The van der Waals surface area contributed by atoms with Gasteiger partial charge in [0.25, 0.3) is 0 Å². The van der Waals surface area contributed by atoms with Crippen LogP contribution in [0.1, 0.15) is 27.7 Å². The molecule has 0 aliphatic heterocycles. The molecule has 0 atom stereocenters. The van der Waals surface area contributed by atoms with Crippen LogP contribution in [0.4, 0.5) is 8.96 Å². The summed E-state index contributed by atoms with van der Waals surface area (Å²) in [5.41, 5.74) is 3.30. The van der Waals surface area contributed by atoms with Crippen LogP contribution in [-0.4, -0.2) is 16.4 Å². The first kappa shape index (κ1) is 9.78. The van der Waals surface area contributed by atoms with Crippen molar-refractivity contribution in [2.45, 2.75) is 38.8 Å². The van der Waals surface area contributed by atoms with E-state index in [9.17, 15) is 8.96 Å². The molecule has 0 saturated carbocycles. The maximum atomic E-state index is 12.1. The summed E-state index contributed by atoms with van der Waals surface area (Å²) in [6, 6.07) is 0. The highest BCUT2D eigenvalue weighted by Gasteiger charge is 2.40. The third-order valence-corrected chi connectivity index (χ3v) is 2.00. The van der Waals surface area contributed by atoms with E-state index in [-0.39, 0.29) is 0 Å². The highest BCUT2D eigenvalue weighted by molar-refractivity contribution is 4.94. The number of rotatable bonds is 2. The molecule has 0 bridgehead atoms. The Labute approximate surface area is 59.9 Å². The minimum atomic E-state index is -1.28. The lowest BCUT2D eigenvalue weighted by molar-refractivity contribution is -0.236. The van der Waals surface area contributed by atoms with E-state index in [4.69, 9.17) is 5.73 Å². The fourth-order valence-electron chi connectivity index (χ4n) is 0.218. The molecule has 0 amide bonds. The summed E-state index contributed by atoms with van der Waals surface area (Å²) in [4.78, 5) is 0. The summed E-state index contributed by atoms with van der Waals surface area (Å²) in [5, 5.41) is -0.854. The van der Waals surface area contributed by atoms with E-state index >= 15 is 0 Å². The Hall–Kier alpha value is -0.220. The molecular formula is C6H14F2N2. The van der Waals surface area contributed by atoms with Crippen molar-refractivity contribution < 1.29 is 8.96 Å². The zero-order valence-electron chi connectivity index (χ0n) is 6.78. The average Bonchev–Trinajstić information content (AvgIpc) is 1.62. The molecule has 0 aliphatic carbocycles. The molecule has 2 nitrogen and oxygen atoms in total. The predicted octanol–water partition coefficient (Wildman–Crippen LogP) is 1.57. The molecule has 0 aromatic carbocycles. The molecule has 2 N–H and O–H groups in total. The van der Waals surface area contributed by atoms with Crippen molar-refractivity contribution in [2.24, 2.45) is 5.73 Å². The maximum absolute atomic E-state index is 12.1. The van der Waals surface area contributed by atoms with Gasteiger partial charge in [0.05, 0.1) is 5.54 Å². The second kappa shape index (κ2) is 2.43. The highest BCUT2D eigenvalue weighted by atomic mass is 19.4. The lowest BCUT2D eigenvalue weighted by atomic mass is 9.84. The van der Waals surface area contributed by atoms with Crippen molar-refractivity contribution in [3.63, 3.8) is 0 Å². The van der Waals surface area contributed by atoms with Crippen LogP contribution in [0, 0.1) is 0 Å². The number of nitrogens with zero attached hydrogens (tertiary/aromatic N) is 1. The van der Waals surface area contributed by atoms with Crippen LogP contribution in [0.5, 0.6) is 0 Å². The molecule has 4 heteroatoms. The molecule has 0 rings (SSSR count). The SMILES string of the molecule is CC(C)(N)C(C)(C)N(F)F. The monoisotopic (exact) mass is 152 g/mol. The van der Waals surface area contributed by atoms with Crippen LogP contribution >= 0.6 is 0 Å². The maximum Gasteiger partial charge on any atom is 0.0956 e. The summed E-state index contributed by atoms with van der Waals surface area (Å²) < 4.78 is 24.1. The van der Waals surface area contributed by atoms with Crippen LogP contribution in [0.15, 0.2) is 0 Å². The smallest absolute Gasteiger partial charge is 0.0956 e. The molecule has 0 aromatic heterocycles. The van der Waals surface area contributed by atoms with Gasteiger partial charge in [-0.25, -0.2) is 0 Å². The summed E-state index contributed by atoms with van der Waals surface area (Å²) in [5.74, 6) is 0. The first-order chi connectivity index (χ1) is 4.19. The first-order valence-corrected chi connectivity index (χ1v) is 3.10. The molecule has 0 aromatic rings. The van der Waals surface area contributed by atoms with Crippen LogP contribution in [-0.2, 0) is 0 Å². The van der Waals surface area contributed by atoms with Gasteiger partial charge in [-0.15, -0.1) is 8.96 Å². The lowest BCUT2D eigenvalue weighted by Gasteiger charge is -2.37. The van der Waals surface area contributed by atoms with Gasteiger partial charge in [-0.3, -0.25) is 0 Å². The molecule has 0 heterocycles. The van der Waals surface area contributed by atoms with E-state index < -0.39 is 16.4 Å².